The molecule has 3 nitrogen and oxygen atoms in total. The van der Waals surface area contributed by atoms with Crippen LogP contribution in [0.15, 0.2) is 18.2 Å². The molecule has 0 radical (unpaired) electrons. The number of nitrogen functional groups attached to an aromatic ring is 1. The zero-order chi connectivity index (χ0) is 9.68. The number of nitrogens with two attached hydrogens (primary N) is 1. The van der Waals surface area contributed by atoms with Gasteiger partial charge in [-0.05, 0) is 30.2 Å². The van der Waals surface area contributed by atoms with Crippen LogP contribution in [0.4, 0.5) is 5.69 Å². The molecule has 0 atom stereocenters. The molecule has 0 aromatic heterocycles. The lowest BCUT2D eigenvalue weighted by atomic mass is 10.0. The molecule has 0 amide bonds. The maximum absolute atomic E-state index is 8.73. The van der Waals surface area contributed by atoms with Gasteiger partial charge in [0.1, 0.15) is 0 Å². The molecule has 0 aliphatic heterocycles. The van der Waals surface area contributed by atoms with E-state index in [0.717, 1.165) is 5.56 Å². The zero-order valence-electron chi connectivity index (χ0n) is 7.12. The lowest BCUT2D eigenvalue weighted by molar-refractivity contribution is 1.01. The van der Waals surface area contributed by atoms with Crippen LogP contribution in [0, 0.1) is 22.7 Å². The third-order valence-electron chi connectivity index (χ3n) is 1.76. The molecule has 0 aliphatic rings. The predicted molar refractivity (Wildman–Crippen MR) is 49.5 cm³/mol. The second-order valence-electron chi connectivity index (χ2n) is 2.69. The van der Waals surface area contributed by atoms with E-state index in [9.17, 15) is 0 Å². The van der Waals surface area contributed by atoms with E-state index < -0.39 is 0 Å². The van der Waals surface area contributed by atoms with Gasteiger partial charge in [-0.1, -0.05) is 0 Å². The minimum absolute atomic E-state index is 0.415. The van der Waals surface area contributed by atoms with Gasteiger partial charge in [-0.25, -0.2) is 0 Å². The molecule has 13 heavy (non-hydrogen) atoms. The molecule has 1 aromatic rings. The number of anilines is 1. The number of rotatable bonds is 2. The third-order valence-corrected chi connectivity index (χ3v) is 1.76. The van der Waals surface area contributed by atoms with Crippen LogP contribution < -0.4 is 5.73 Å². The lowest BCUT2D eigenvalue weighted by Gasteiger charge is -2.01. The van der Waals surface area contributed by atoms with E-state index >= 15 is 0 Å². The lowest BCUT2D eigenvalue weighted by Crippen LogP contribution is -1.93. The SMILES string of the molecule is N#CCCc1cc(N)ccc1C#N. The van der Waals surface area contributed by atoms with Crippen molar-refractivity contribution in [3.63, 3.8) is 0 Å². The highest BCUT2D eigenvalue weighted by Gasteiger charge is 2.01. The van der Waals surface area contributed by atoms with E-state index in [-0.39, 0.29) is 0 Å². The average Bonchev–Trinajstić information content (AvgIpc) is 2.15. The quantitative estimate of drug-likeness (QED) is 0.687. The van der Waals surface area contributed by atoms with Gasteiger partial charge in [0.2, 0.25) is 0 Å². The Labute approximate surface area is 77.0 Å². The minimum atomic E-state index is 0.415. The summed E-state index contributed by atoms with van der Waals surface area (Å²) in [5, 5.41) is 17.1. The van der Waals surface area contributed by atoms with Gasteiger partial charge in [0.05, 0.1) is 17.7 Å². The maximum Gasteiger partial charge on any atom is 0.0994 e. The Morgan fingerprint density at radius 1 is 1.31 bits per heavy atom. The van der Waals surface area contributed by atoms with Crippen molar-refractivity contribution in [2.75, 3.05) is 5.73 Å². The van der Waals surface area contributed by atoms with Crippen molar-refractivity contribution >= 4 is 5.69 Å². The Bertz CT molecular complexity index is 382. The molecule has 0 fully saturated rings. The van der Waals surface area contributed by atoms with Gasteiger partial charge < -0.3 is 5.73 Å². The van der Waals surface area contributed by atoms with E-state index in [1.54, 1.807) is 18.2 Å². The van der Waals surface area contributed by atoms with E-state index in [2.05, 4.69) is 6.07 Å². The molecule has 0 spiro atoms. The molecule has 0 aliphatic carbocycles. The smallest absolute Gasteiger partial charge is 0.0994 e. The highest BCUT2D eigenvalue weighted by Crippen LogP contribution is 2.14. The zero-order valence-corrected chi connectivity index (χ0v) is 7.12. The van der Waals surface area contributed by atoms with Crippen molar-refractivity contribution in [3.8, 4) is 12.1 Å². The van der Waals surface area contributed by atoms with Crippen molar-refractivity contribution in [3.05, 3.63) is 29.3 Å². The van der Waals surface area contributed by atoms with Gasteiger partial charge in [-0.2, -0.15) is 10.5 Å². The molecule has 1 rings (SSSR count). The van der Waals surface area contributed by atoms with Crippen molar-refractivity contribution in [1.29, 1.82) is 10.5 Å². The number of benzene rings is 1. The van der Waals surface area contributed by atoms with Gasteiger partial charge in [0.25, 0.3) is 0 Å². The monoisotopic (exact) mass is 171 g/mol. The van der Waals surface area contributed by atoms with Crippen LogP contribution in [0.5, 0.6) is 0 Å². The second-order valence-corrected chi connectivity index (χ2v) is 2.69. The average molecular weight is 171 g/mol. The second kappa shape index (κ2) is 4.13. The van der Waals surface area contributed by atoms with E-state index in [1.807, 2.05) is 6.07 Å². The fourth-order valence-corrected chi connectivity index (χ4v) is 1.12. The predicted octanol–water partition coefficient (Wildman–Crippen LogP) is 1.60. The summed E-state index contributed by atoms with van der Waals surface area (Å²) in [5.74, 6) is 0. The first kappa shape index (κ1) is 9.09. The number of hydrogen-bond acceptors (Lipinski definition) is 3. The first-order valence-corrected chi connectivity index (χ1v) is 3.93. The summed E-state index contributed by atoms with van der Waals surface area (Å²) >= 11 is 0. The third kappa shape index (κ3) is 2.21. The van der Waals surface area contributed by atoms with Crippen LogP contribution in [0.25, 0.3) is 0 Å². The molecule has 0 bridgehead atoms. The molecular weight excluding hydrogens is 162 g/mol. The van der Waals surface area contributed by atoms with Crippen molar-refractivity contribution < 1.29 is 0 Å². The molecule has 0 saturated heterocycles. The summed E-state index contributed by atoms with van der Waals surface area (Å²) in [4.78, 5) is 0. The molecule has 64 valence electrons. The normalized spacial score (nSPS) is 8.77. The standard InChI is InChI=1S/C10H9N3/c11-5-1-2-8-6-10(13)4-3-9(8)7-12/h3-4,6H,1-2,13H2. The molecule has 0 saturated carbocycles. The maximum atomic E-state index is 8.73. The summed E-state index contributed by atoms with van der Waals surface area (Å²) < 4.78 is 0. The first-order chi connectivity index (χ1) is 6.27. The number of nitrogens with zero attached hydrogens (tertiary/aromatic N) is 2. The van der Waals surface area contributed by atoms with Crippen LogP contribution in [-0.2, 0) is 6.42 Å². The van der Waals surface area contributed by atoms with Crippen molar-refractivity contribution in [1.82, 2.24) is 0 Å². The van der Waals surface area contributed by atoms with Crippen LogP contribution >= 0.6 is 0 Å². The Kier molecular flexibility index (Phi) is 2.89. The summed E-state index contributed by atoms with van der Waals surface area (Å²) in [6, 6.07) is 9.22. The van der Waals surface area contributed by atoms with Gasteiger partial charge in [-0.3, -0.25) is 0 Å². The fourth-order valence-electron chi connectivity index (χ4n) is 1.12. The van der Waals surface area contributed by atoms with E-state index in [0.29, 0.717) is 24.1 Å². The van der Waals surface area contributed by atoms with Crippen LogP contribution in [-0.4, -0.2) is 0 Å². The van der Waals surface area contributed by atoms with Crippen LogP contribution in [0.1, 0.15) is 17.5 Å². The van der Waals surface area contributed by atoms with Gasteiger partial charge >= 0.3 is 0 Å². The summed E-state index contributed by atoms with van der Waals surface area (Å²) in [6.07, 6.45) is 1.00. The molecule has 1 aromatic carbocycles. The highest BCUT2D eigenvalue weighted by atomic mass is 14.5. The molecule has 3 heteroatoms. The summed E-state index contributed by atoms with van der Waals surface area (Å²) in [5.41, 5.74) is 7.65. The molecule has 0 heterocycles. The Morgan fingerprint density at radius 2 is 2.08 bits per heavy atom. The fraction of sp³-hybridized carbons (Fsp3) is 0.200. The highest BCUT2D eigenvalue weighted by molar-refractivity contribution is 5.49. The van der Waals surface area contributed by atoms with Gasteiger partial charge in [0, 0.05) is 12.1 Å². The van der Waals surface area contributed by atoms with E-state index in [4.69, 9.17) is 16.3 Å². The van der Waals surface area contributed by atoms with Crippen molar-refractivity contribution in [2.24, 2.45) is 0 Å². The van der Waals surface area contributed by atoms with Crippen molar-refractivity contribution in [2.45, 2.75) is 12.8 Å². The summed E-state index contributed by atoms with van der Waals surface area (Å²) in [7, 11) is 0. The van der Waals surface area contributed by atoms with E-state index in [1.165, 1.54) is 0 Å². The Hall–Kier alpha value is -2.00. The topological polar surface area (TPSA) is 73.6 Å². The molecular formula is C10H9N3. The summed E-state index contributed by atoms with van der Waals surface area (Å²) in [6.45, 7) is 0. The first-order valence-electron chi connectivity index (χ1n) is 3.93. The number of nitriles is 2. The molecule has 0 unspecified atom stereocenters. The Morgan fingerprint density at radius 3 is 2.69 bits per heavy atom. The minimum Gasteiger partial charge on any atom is -0.399 e. The van der Waals surface area contributed by atoms with Gasteiger partial charge in [0.15, 0.2) is 0 Å². The molecule has 2 N–H and O–H groups in total. The van der Waals surface area contributed by atoms with Crippen LogP contribution in [0.3, 0.4) is 0 Å². The van der Waals surface area contributed by atoms with Gasteiger partial charge in [-0.15, -0.1) is 0 Å². The number of aryl methyl sites for hydroxylation is 1. The Balaban J connectivity index is 2.97. The largest absolute Gasteiger partial charge is 0.399 e. The number of hydrogen-bond donors (Lipinski definition) is 1. The van der Waals surface area contributed by atoms with Crippen LogP contribution in [0.2, 0.25) is 0 Å².